The second-order valence-corrected chi connectivity index (χ2v) is 4.54. The Hall–Kier alpha value is -0.370. The molecule has 0 heterocycles. The molecule has 0 spiro atoms. The lowest BCUT2D eigenvalue weighted by Crippen LogP contribution is -2.09. The van der Waals surface area contributed by atoms with Crippen molar-refractivity contribution in [3.63, 3.8) is 0 Å². The predicted molar refractivity (Wildman–Crippen MR) is 62.0 cm³/mol. The lowest BCUT2D eigenvalue weighted by Gasteiger charge is -2.09. The zero-order valence-corrected chi connectivity index (χ0v) is 9.96. The van der Waals surface area contributed by atoms with Gasteiger partial charge < -0.3 is 4.74 Å². The average Bonchev–Trinajstić information content (AvgIpc) is 2.63. The Morgan fingerprint density at radius 2 is 1.93 bits per heavy atom. The monoisotopic (exact) mass is 212 g/mol. The standard InChI is InChI=1S/C13H24O2/c1-2-3-4-5-6-7-10-15-13-9-8-12(14)11-13/h13H,2-11H2,1H3. The summed E-state index contributed by atoms with van der Waals surface area (Å²) in [7, 11) is 0. The van der Waals surface area contributed by atoms with Gasteiger partial charge in [-0.15, -0.1) is 0 Å². The van der Waals surface area contributed by atoms with Crippen LogP contribution in [0.4, 0.5) is 0 Å². The largest absolute Gasteiger partial charge is 0.378 e. The van der Waals surface area contributed by atoms with Crippen LogP contribution in [0.5, 0.6) is 0 Å². The molecule has 0 radical (unpaired) electrons. The van der Waals surface area contributed by atoms with Crippen molar-refractivity contribution >= 4 is 5.78 Å². The van der Waals surface area contributed by atoms with Crippen molar-refractivity contribution in [3.8, 4) is 0 Å². The van der Waals surface area contributed by atoms with Gasteiger partial charge in [-0.05, 0) is 12.8 Å². The van der Waals surface area contributed by atoms with Crippen LogP contribution >= 0.6 is 0 Å². The SMILES string of the molecule is CCCCCCCCOC1CCC(=O)C1. The van der Waals surface area contributed by atoms with Crippen molar-refractivity contribution < 1.29 is 9.53 Å². The second-order valence-electron chi connectivity index (χ2n) is 4.54. The summed E-state index contributed by atoms with van der Waals surface area (Å²) in [5.41, 5.74) is 0. The van der Waals surface area contributed by atoms with E-state index >= 15 is 0 Å². The van der Waals surface area contributed by atoms with E-state index in [1.807, 2.05) is 0 Å². The third-order valence-electron chi connectivity index (χ3n) is 3.05. The van der Waals surface area contributed by atoms with Crippen molar-refractivity contribution in [2.24, 2.45) is 0 Å². The highest BCUT2D eigenvalue weighted by atomic mass is 16.5. The predicted octanol–water partition coefficient (Wildman–Crippen LogP) is 3.49. The van der Waals surface area contributed by atoms with E-state index in [-0.39, 0.29) is 6.10 Å². The zero-order chi connectivity index (χ0) is 10.9. The molecular formula is C13H24O2. The molecule has 0 amide bonds. The molecule has 1 aliphatic carbocycles. The molecule has 0 aromatic carbocycles. The van der Waals surface area contributed by atoms with Gasteiger partial charge in [0.25, 0.3) is 0 Å². The van der Waals surface area contributed by atoms with E-state index in [1.165, 1.54) is 32.1 Å². The van der Waals surface area contributed by atoms with Gasteiger partial charge in [-0.3, -0.25) is 4.79 Å². The molecule has 0 N–H and O–H groups in total. The lowest BCUT2D eigenvalue weighted by atomic mass is 10.1. The minimum atomic E-state index is 0.244. The molecule has 0 bridgehead atoms. The van der Waals surface area contributed by atoms with Crippen LogP contribution in [-0.2, 0) is 9.53 Å². The Morgan fingerprint density at radius 1 is 1.20 bits per heavy atom. The number of carbonyl (C=O) groups excluding carboxylic acids is 1. The number of unbranched alkanes of at least 4 members (excludes halogenated alkanes) is 5. The highest BCUT2D eigenvalue weighted by Crippen LogP contribution is 2.18. The number of hydrogen-bond acceptors (Lipinski definition) is 2. The molecule has 1 fully saturated rings. The summed E-state index contributed by atoms with van der Waals surface area (Å²) >= 11 is 0. The van der Waals surface area contributed by atoms with Crippen molar-refractivity contribution in [1.82, 2.24) is 0 Å². The molecule has 1 aliphatic rings. The van der Waals surface area contributed by atoms with E-state index < -0.39 is 0 Å². The molecular weight excluding hydrogens is 188 g/mol. The molecule has 1 rings (SSSR count). The first kappa shape index (κ1) is 12.7. The van der Waals surface area contributed by atoms with Gasteiger partial charge >= 0.3 is 0 Å². The quantitative estimate of drug-likeness (QED) is 0.576. The first-order valence-electron chi connectivity index (χ1n) is 6.46. The highest BCUT2D eigenvalue weighted by Gasteiger charge is 2.21. The third-order valence-corrected chi connectivity index (χ3v) is 3.05. The summed E-state index contributed by atoms with van der Waals surface area (Å²) in [6.45, 7) is 3.09. The summed E-state index contributed by atoms with van der Waals surface area (Å²) in [5, 5.41) is 0. The molecule has 0 aliphatic heterocycles. The number of carbonyl (C=O) groups is 1. The normalized spacial score (nSPS) is 21.1. The van der Waals surface area contributed by atoms with Gasteiger partial charge in [0, 0.05) is 19.4 Å². The van der Waals surface area contributed by atoms with Crippen LogP contribution in [0.3, 0.4) is 0 Å². The van der Waals surface area contributed by atoms with Gasteiger partial charge in [0.1, 0.15) is 5.78 Å². The van der Waals surface area contributed by atoms with Crippen molar-refractivity contribution in [1.29, 1.82) is 0 Å². The fourth-order valence-electron chi connectivity index (χ4n) is 2.05. The van der Waals surface area contributed by atoms with Crippen LogP contribution in [0.1, 0.15) is 64.7 Å². The Labute approximate surface area is 93.4 Å². The van der Waals surface area contributed by atoms with Gasteiger partial charge in [0.2, 0.25) is 0 Å². The van der Waals surface area contributed by atoms with Gasteiger partial charge in [0.15, 0.2) is 0 Å². The maximum atomic E-state index is 11.0. The number of ether oxygens (including phenoxy) is 1. The third kappa shape index (κ3) is 5.93. The first-order valence-corrected chi connectivity index (χ1v) is 6.46. The van der Waals surface area contributed by atoms with Gasteiger partial charge in [-0.25, -0.2) is 0 Å². The van der Waals surface area contributed by atoms with Crippen LogP contribution in [0, 0.1) is 0 Å². The Morgan fingerprint density at radius 3 is 2.60 bits per heavy atom. The number of ketones is 1. The molecule has 15 heavy (non-hydrogen) atoms. The first-order chi connectivity index (χ1) is 7.33. The smallest absolute Gasteiger partial charge is 0.135 e. The molecule has 1 unspecified atom stereocenters. The number of rotatable bonds is 8. The fraction of sp³-hybridized carbons (Fsp3) is 0.923. The van der Waals surface area contributed by atoms with Gasteiger partial charge in [-0.2, -0.15) is 0 Å². The lowest BCUT2D eigenvalue weighted by molar-refractivity contribution is -0.118. The maximum absolute atomic E-state index is 11.0. The van der Waals surface area contributed by atoms with E-state index in [0.29, 0.717) is 12.2 Å². The minimum absolute atomic E-state index is 0.244. The summed E-state index contributed by atoms with van der Waals surface area (Å²) in [4.78, 5) is 11.0. The number of hydrogen-bond donors (Lipinski definition) is 0. The van der Waals surface area contributed by atoms with E-state index in [1.54, 1.807) is 0 Å². The molecule has 0 saturated heterocycles. The molecule has 1 atom stereocenters. The second kappa shape index (κ2) is 7.86. The van der Waals surface area contributed by atoms with Crippen LogP contribution < -0.4 is 0 Å². The summed E-state index contributed by atoms with van der Waals surface area (Å²) in [6, 6.07) is 0. The molecule has 0 aromatic rings. The van der Waals surface area contributed by atoms with Crippen molar-refractivity contribution in [3.05, 3.63) is 0 Å². The fourth-order valence-corrected chi connectivity index (χ4v) is 2.05. The molecule has 1 saturated carbocycles. The average molecular weight is 212 g/mol. The Bertz CT molecular complexity index is 177. The zero-order valence-electron chi connectivity index (χ0n) is 9.96. The number of Topliss-reactive ketones (excluding diaryl/α,β-unsaturated/α-hetero) is 1. The van der Waals surface area contributed by atoms with E-state index in [9.17, 15) is 4.79 Å². The van der Waals surface area contributed by atoms with E-state index in [4.69, 9.17) is 4.74 Å². The summed E-state index contributed by atoms with van der Waals surface area (Å²) < 4.78 is 5.66. The highest BCUT2D eigenvalue weighted by molar-refractivity contribution is 5.81. The van der Waals surface area contributed by atoms with Gasteiger partial charge in [-0.1, -0.05) is 39.0 Å². The van der Waals surface area contributed by atoms with Crippen LogP contribution in [-0.4, -0.2) is 18.5 Å². The Balaban J connectivity index is 1.83. The minimum Gasteiger partial charge on any atom is -0.378 e. The molecule has 2 heteroatoms. The molecule has 2 nitrogen and oxygen atoms in total. The van der Waals surface area contributed by atoms with Crippen LogP contribution in [0.15, 0.2) is 0 Å². The maximum Gasteiger partial charge on any atom is 0.135 e. The summed E-state index contributed by atoms with van der Waals surface area (Å²) in [6.07, 6.45) is 10.4. The topological polar surface area (TPSA) is 26.3 Å². The van der Waals surface area contributed by atoms with Crippen molar-refractivity contribution in [2.75, 3.05) is 6.61 Å². The van der Waals surface area contributed by atoms with Crippen molar-refractivity contribution in [2.45, 2.75) is 70.8 Å². The van der Waals surface area contributed by atoms with Gasteiger partial charge in [0.05, 0.1) is 6.10 Å². The molecule has 88 valence electrons. The molecule has 0 aromatic heterocycles. The summed E-state index contributed by atoms with van der Waals surface area (Å²) in [5.74, 6) is 0.378. The van der Waals surface area contributed by atoms with Crippen LogP contribution in [0.25, 0.3) is 0 Å². The van der Waals surface area contributed by atoms with E-state index in [2.05, 4.69) is 6.92 Å². The van der Waals surface area contributed by atoms with Crippen LogP contribution in [0.2, 0.25) is 0 Å². The Kier molecular flexibility index (Phi) is 6.66. The van der Waals surface area contributed by atoms with E-state index in [0.717, 1.165) is 25.9 Å².